The second-order valence-electron chi connectivity index (χ2n) is 4.44. The van der Waals surface area contributed by atoms with E-state index in [2.05, 4.69) is 62.9 Å². The quantitative estimate of drug-likeness (QED) is 0.588. The van der Waals surface area contributed by atoms with Crippen LogP contribution in [0.5, 0.6) is 0 Å². The van der Waals surface area contributed by atoms with Crippen molar-refractivity contribution in [1.29, 1.82) is 0 Å². The number of hydrogen-bond acceptors (Lipinski definition) is 0. The minimum Gasteiger partial charge on any atom is -0.0616 e. The third-order valence-electron chi connectivity index (χ3n) is 2.74. The maximum atomic E-state index is 3.23. The molecule has 2 rings (SSSR count). The normalized spacial score (nSPS) is 9.59. The van der Waals surface area contributed by atoms with E-state index < -0.39 is 0 Å². The van der Waals surface area contributed by atoms with E-state index in [1.807, 2.05) is 12.1 Å². The lowest BCUT2D eigenvalue weighted by molar-refractivity contribution is 1.36. The molecule has 0 spiro atoms. The summed E-state index contributed by atoms with van der Waals surface area (Å²) in [5.74, 6) is 6.45. The fraction of sp³-hybridized carbons (Fsp3) is 0.176. The molecule has 17 heavy (non-hydrogen) atoms. The summed E-state index contributed by atoms with van der Waals surface area (Å²) in [5.41, 5.74) is 5.95. The van der Waals surface area contributed by atoms with Crippen LogP contribution in [0.1, 0.15) is 27.8 Å². The molecule has 0 N–H and O–H groups in total. The fourth-order valence-electron chi connectivity index (χ4n) is 1.82. The van der Waals surface area contributed by atoms with E-state index in [0.29, 0.717) is 0 Å². The molecule has 0 atom stereocenters. The average molecular weight is 220 g/mol. The molecule has 0 aliphatic carbocycles. The van der Waals surface area contributed by atoms with Gasteiger partial charge in [0.2, 0.25) is 0 Å². The minimum atomic E-state index is 1.07. The predicted molar refractivity (Wildman–Crippen MR) is 73.1 cm³/mol. The van der Waals surface area contributed by atoms with Gasteiger partial charge < -0.3 is 0 Å². The Hall–Kier alpha value is -2.00. The zero-order valence-corrected chi connectivity index (χ0v) is 10.5. The SMILES string of the molecule is Cc1cccc(C#Cc2ccc(C)cc2C)c1. The molecule has 0 bridgehead atoms. The molecule has 0 heteroatoms. The Balaban J connectivity index is 2.33. The molecule has 0 saturated heterocycles. The van der Waals surface area contributed by atoms with Gasteiger partial charge in [0.25, 0.3) is 0 Å². The van der Waals surface area contributed by atoms with Gasteiger partial charge in [0, 0.05) is 11.1 Å². The van der Waals surface area contributed by atoms with Gasteiger partial charge in [0.05, 0.1) is 0 Å². The Labute approximate surface area is 103 Å². The summed E-state index contributed by atoms with van der Waals surface area (Å²) in [6.45, 7) is 6.29. The molecule has 0 aliphatic heterocycles. The lowest BCUT2D eigenvalue weighted by Gasteiger charge is -1.99. The molecule has 0 aromatic heterocycles. The topological polar surface area (TPSA) is 0 Å². The lowest BCUT2D eigenvalue weighted by atomic mass is 10.1. The van der Waals surface area contributed by atoms with Crippen molar-refractivity contribution in [3.63, 3.8) is 0 Å². The van der Waals surface area contributed by atoms with Crippen molar-refractivity contribution in [3.05, 3.63) is 70.3 Å². The Kier molecular flexibility index (Phi) is 3.30. The number of benzene rings is 2. The largest absolute Gasteiger partial charge is 0.0616 e. The number of hydrogen-bond donors (Lipinski definition) is 0. The van der Waals surface area contributed by atoms with E-state index >= 15 is 0 Å². The molecule has 2 aromatic carbocycles. The number of aryl methyl sites for hydroxylation is 3. The third kappa shape index (κ3) is 2.98. The van der Waals surface area contributed by atoms with Gasteiger partial charge in [-0.2, -0.15) is 0 Å². The molecule has 0 heterocycles. The summed E-state index contributed by atoms with van der Waals surface area (Å²) in [4.78, 5) is 0. The summed E-state index contributed by atoms with van der Waals surface area (Å²) >= 11 is 0. The molecule has 0 amide bonds. The van der Waals surface area contributed by atoms with Gasteiger partial charge >= 0.3 is 0 Å². The van der Waals surface area contributed by atoms with E-state index in [1.165, 1.54) is 16.7 Å². The Morgan fingerprint density at radius 2 is 1.53 bits per heavy atom. The van der Waals surface area contributed by atoms with Crippen LogP contribution in [-0.4, -0.2) is 0 Å². The van der Waals surface area contributed by atoms with Gasteiger partial charge in [-0.1, -0.05) is 41.7 Å². The summed E-state index contributed by atoms with van der Waals surface area (Å²) in [7, 11) is 0. The van der Waals surface area contributed by atoms with Gasteiger partial charge in [-0.05, 0) is 50.1 Å². The average Bonchev–Trinajstić information content (AvgIpc) is 2.28. The maximum absolute atomic E-state index is 3.23. The molecule has 84 valence electrons. The molecule has 0 radical (unpaired) electrons. The van der Waals surface area contributed by atoms with Crippen LogP contribution in [0.4, 0.5) is 0 Å². The van der Waals surface area contributed by atoms with Crippen molar-refractivity contribution in [2.24, 2.45) is 0 Å². The molecule has 0 nitrogen and oxygen atoms in total. The van der Waals surface area contributed by atoms with Crippen molar-refractivity contribution in [3.8, 4) is 11.8 Å². The fourth-order valence-corrected chi connectivity index (χ4v) is 1.82. The van der Waals surface area contributed by atoms with Gasteiger partial charge in [-0.25, -0.2) is 0 Å². The third-order valence-corrected chi connectivity index (χ3v) is 2.74. The van der Waals surface area contributed by atoms with E-state index in [1.54, 1.807) is 0 Å². The van der Waals surface area contributed by atoms with Crippen LogP contribution in [-0.2, 0) is 0 Å². The van der Waals surface area contributed by atoms with Crippen LogP contribution in [0.25, 0.3) is 0 Å². The summed E-state index contributed by atoms with van der Waals surface area (Å²) in [5, 5.41) is 0. The molecule has 0 saturated carbocycles. The van der Waals surface area contributed by atoms with Crippen LogP contribution in [0.15, 0.2) is 42.5 Å². The van der Waals surface area contributed by atoms with Crippen molar-refractivity contribution in [2.75, 3.05) is 0 Å². The summed E-state index contributed by atoms with van der Waals surface area (Å²) in [6, 6.07) is 14.6. The zero-order valence-electron chi connectivity index (χ0n) is 10.5. The Bertz CT molecular complexity index is 595. The Morgan fingerprint density at radius 3 is 2.24 bits per heavy atom. The molecule has 0 unspecified atom stereocenters. The highest BCUT2D eigenvalue weighted by atomic mass is 14.0. The molecular formula is C17H16. The standard InChI is InChI=1S/C17H16/c1-13-5-4-6-16(12-13)8-10-17-9-7-14(2)11-15(17)3/h4-7,9,11-12H,1-3H3. The lowest BCUT2D eigenvalue weighted by Crippen LogP contribution is -1.83. The van der Waals surface area contributed by atoms with Gasteiger partial charge in [0.15, 0.2) is 0 Å². The molecule has 2 aromatic rings. The first-order chi connectivity index (χ1) is 8.15. The molecular weight excluding hydrogens is 204 g/mol. The van der Waals surface area contributed by atoms with Crippen LogP contribution in [0, 0.1) is 32.6 Å². The highest BCUT2D eigenvalue weighted by molar-refractivity contribution is 5.47. The van der Waals surface area contributed by atoms with E-state index in [4.69, 9.17) is 0 Å². The maximum Gasteiger partial charge on any atom is 0.0278 e. The monoisotopic (exact) mass is 220 g/mol. The molecule has 0 fully saturated rings. The van der Waals surface area contributed by atoms with Gasteiger partial charge in [-0.3, -0.25) is 0 Å². The summed E-state index contributed by atoms with van der Waals surface area (Å²) < 4.78 is 0. The van der Waals surface area contributed by atoms with Crippen LogP contribution in [0.3, 0.4) is 0 Å². The second kappa shape index (κ2) is 4.89. The Morgan fingerprint density at radius 1 is 0.765 bits per heavy atom. The van der Waals surface area contributed by atoms with Crippen molar-refractivity contribution in [2.45, 2.75) is 20.8 Å². The van der Waals surface area contributed by atoms with Gasteiger partial charge in [-0.15, -0.1) is 0 Å². The zero-order chi connectivity index (χ0) is 12.3. The van der Waals surface area contributed by atoms with Gasteiger partial charge in [0.1, 0.15) is 0 Å². The van der Waals surface area contributed by atoms with Crippen LogP contribution >= 0.6 is 0 Å². The second-order valence-corrected chi connectivity index (χ2v) is 4.44. The highest BCUT2D eigenvalue weighted by Gasteiger charge is 1.94. The van der Waals surface area contributed by atoms with E-state index in [0.717, 1.165) is 11.1 Å². The van der Waals surface area contributed by atoms with Crippen LogP contribution < -0.4 is 0 Å². The highest BCUT2D eigenvalue weighted by Crippen LogP contribution is 2.09. The van der Waals surface area contributed by atoms with Crippen molar-refractivity contribution < 1.29 is 0 Å². The minimum absolute atomic E-state index is 1.07. The smallest absolute Gasteiger partial charge is 0.0278 e. The van der Waals surface area contributed by atoms with E-state index in [9.17, 15) is 0 Å². The first-order valence-corrected chi connectivity index (χ1v) is 5.81. The molecule has 0 aliphatic rings. The number of rotatable bonds is 0. The van der Waals surface area contributed by atoms with Crippen molar-refractivity contribution >= 4 is 0 Å². The summed E-state index contributed by atoms with van der Waals surface area (Å²) in [6.07, 6.45) is 0. The van der Waals surface area contributed by atoms with Crippen LogP contribution in [0.2, 0.25) is 0 Å². The first kappa shape index (κ1) is 11.5. The first-order valence-electron chi connectivity index (χ1n) is 5.81. The van der Waals surface area contributed by atoms with E-state index in [-0.39, 0.29) is 0 Å². The predicted octanol–water partition coefficient (Wildman–Crippen LogP) is 4.01. The van der Waals surface area contributed by atoms with Crippen molar-refractivity contribution in [1.82, 2.24) is 0 Å².